The molecule has 81 heavy (non-hydrogen) atoms. The van der Waals surface area contributed by atoms with E-state index in [0.29, 0.717) is 0 Å². The fraction of sp³-hybridized carbons (Fsp3) is 1.00. The van der Waals surface area contributed by atoms with E-state index in [-0.39, 0.29) is 0 Å². The maximum absolute atomic E-state index is 2.71. The van der Waals surface area contributed by atoms with E-state index in [4.69, 9.17) is 0 Å². The van der Waals surface area contributed by atoms with Gasteiger partial charge in [0.05, 0.1) is 26.7 Å². The molecular formula is C73H174N8. The highest BCUT2D eigenvalue weighted by atomic mass is 15.3. The molecule has 0 radical (unpaired) electrons. The van der Waals surface area contributed by atoms with E-state index >= 15 is 0 Å². The van der Waals surface area contributed by atoms with Crippen molar-refractivity contribution >= 4 is 0 Å². The summed E-state index contributed by atoms with van der Waals surface area (Å²) < 4.78 is 0. The second-order valence-electron chi connectivity index (χ2n) is 20.1. The lowest BCUT2D eigenvalue weighted by Gasteiger charge is -2.35. The summed E-state index contributed by atoms with van der Waals surface area (Å²) in [6.45, 7) is 82.8. The van der Waals surface area contributed by atoms with E-state index in [1.165, 1.54) is 220 Å². The summed E-state index contributed by atoms with van der Waals surface area (Å²) >= 11 is 0. The molecule has 0 unspecified atom stereocenters. The van der Waals surface area contributed by atoms with Crippen LogP contribution in [0.3, 0.4) is 0 Å². The topological polar surface area (TPSA) is 25.9 Å². The number of unbranched alkanes of at least 4 members (excludes halogenated alkanes) is 3. The molecular weight excluding hydrogens is 989 g/mol. The minimum atomic E-state index is 0.976. The average Bonchev–Trinajstić information content (AvgIpc) is 3.56. The first-order valence-electron chi connectivity index (χ1n) is 37.3. The molecule has 0 bridgehead atoms. The second-order valence-corrected chi connectivity index (χ2v) is 20.1. The molecule has 0 aromatic heterocycles. The van der Waals surface area contributed by atoms with Gasteiger partial charge in [0.1, 0.15) is 0 Å². The summed E-state index contributed by atoms with van der Waals surface area (Å²) in [4.78, 5) is 20.4. The summed E-state index contributed by atoms with van der Waals surface area (Å²) in [5.41, 5.74) is 0. The Kier molecular flexibility index (Phi) is 122. The van der Waals surface area contributed by atoms with Crippen molar-refractivity contribution in [2.45, 2.75) is 336 Å². The van der Waals surface area contributed by atoms with Crippen molar-refractivity contribution in [3.8, 4) is 0 Å². The van der Waals surface area contributed by atoms with E-state index in [1.807, 2.05) is 125 Å². The van der Waals surface area contributed by atoms with Crippen molar-refractivity contribution in [1.29, 1.82) is 0 Å². The first-order chi connectivity index (χ1) is 39.6. The van der Waals surface area contributed by atoms with Gasteiger partial charge in [-0.15, -0.1) is 0 Å². The van der Waals surface area contributed by atoms with E-state index in [1.54, 1.807) is 0 Å². The summed E-state index contributed by atoms with van der Waals surface area (Å²) in [5.74, 6) is 2.93. The highest BCUT2D eigenvalue weighted by Gasteiger charge is 2.21. The van der Waals surface area contributed by atoms with Crippen molar-refractivity contribution in [3.63, 3.8) is 0 Å². The van der Waals surface area contributed by atoms with Gasteiger partial charge in [-0.05, 0) is 162 Å². The van der Waals surface area contributed by atoms with E-state index < -0.39 is 0 Å². The first kappa shape index (κ1) is 103. The van der Waals surface area contributed by atoms with Crippen LogP contribution in [0.5, 0.6) is 0 Å². The molecule has 0 aliphatic heterocycles. The highest BCUT2D eigenvalue weighted by molar-refractivity contribution is 4.74. The van der Waals surface area contributed by atoms with Gasteiger partial charge in [-0.3, -0.25) is 39.2 Å². The Morgan fingerprint density at radius 3 is 0.617 bits per heavy atom. The standard InChI is InChI=1S/C19H38N2.C13H28N2.C13H30N2.C10H24N2.9C2H6/c1-3-20(15-18-11-7-5-8-12-18)17-21(4-2)16-19-13-9-6-10-14-19;1-4-14(3)12-15(5-2)11-13-9-7-6-8-10-13;1-5-9-11-14(7-3)13-15(8-4)12-10-6-2;1-5-8-9-12(7-3)10-11(4)6-2;9*1-2/h18-19H,3-17H2,1-2H3;13H,4-12H2,1-3H3;5-13H2,1-4H3;5-10H2,1-4H3;9*1-2H3. The predicted octanol–water partition coefficient (Wildman–Crippen LogP) is 22.0. The number of hydrogen-bond acceptors (Lipinski definition) is 8. The fourth-order valence-electron chi connectivity index (χ4n) is 9.65. The van der Waals surface area contributed by atoms with E-state index in [2.05, 4.69) is 129 Å². The molecule has 0 spiro atoms. The minimum absolute atomic E-state index is 0.976. The van der Waals surface area contributed by atoms with Gasteiger partial charge in [-0.25, -0.2) is 0 Å². The SMILES string of the molecule is CC.CC.CC.CC.CC.CC.CC.CC.CC.CCCCN(CC)CN(C)CC.CCCCN(CC)CN(CC)CCCC.CCN(C)CN(CC)CC1CCCCC1.CCN(CC1CCCCC1)CN(CC)CC1CCCCC1. The molecule has 0 amide bonds. The number of hydrogen-bond donors (Lipinski definition) is 0. The van der Waals surface area contributed by atoms with Gasteiger partial charge < -0.3 is 0 Å². The molecule has 0 aromatic rings. The number of rotatable bonds is 31. The molecule has 0 atom stereocenters. The largest absolute Gasteiger partial charge is 0.294 e. The van der Waals surface area contributed by atoms with Crippen LogP contribution in [0.15, 0.2) is 0 Å². The van der Waals surface area contributed by atoms with Crippen LogP contribution in [0, 0.1) is 17.8 Å². The molecule has 506 valence electrons. The summed E-state index contributed by atoms with van der Waals surface area (Å²) in [5, 5.41) is 0. The van der Waals surface area contributed by atoms with Crippen molar-refractivity contribution in [2.24, 2.45) is 17.8 Å². The van der Waals surface area contributed by atoms with Crippen LogP contribution in [-0.2, 0) is 0 Å². The highest BCUT2D eigenvalue weighted by Crippen LogP contribution is 2.27. The van der Waals surface area contributed by atoms with Crippen LogP contribution in [0.1, 0.15) is 336 Å². The average molecular weight is 1160 g/mol. The molecule has 3 fully saturated rings. The Labute approximate surface area is 522 Å². The van der Waals surface area contributed by atoms with Crippen LogP contribution in [0.4, 0.5) is 0 Å². The molecule has 3 saturated carbocycles. The predicted molar refractivity (Wildman–Crippen MR) is 386 cm³/mol. The van der Waals surface area contributed by atoms with Crippen molar-refractivity contribution < 1.29 is 0 Å². The van der Waals surface area contributed by atoms with Crippen molar-refractivity contribution in [1.82, 2.24) is 39.2 Å². The van der Waals surface area contributed by atoms with Crippen LogP contribution in [0.25, 0.3) is 0 Å². The normalized spacial score (nSPS) is 13.8. The van der Waals surface area contributed by atoms with Gasteiger partial charge in [0.25, 0.3) is 0 Å². The molecule has 8 nitrogen and oxygen atoms in total. The maximum Gasteiger partial charge on any atom is 0.0506 e. The monoisotopic (exact) mass is 1160 g/mol. The lowest BCUT2D eigenvalue weighted by molar-refractivity contribution is 0.0961. The molecule has 0 N–H and O–H groups in total. The molecule has 3 aliphatic carbocycles. The van der Waals surface area contributed by atoms with Crippen LogP contribution >= 0.6 is 0 Å². The second kappa shape index (κ2) is 96.0. The molecule has 3 aliphatic rings. The Morgan fingerprint density at radius 2 is 0.420 bits per heavy atom. The Morgan fingerprint density at radius 1 is 0.235 bits per heavy atom. The molecule has 0 heterocycles. The fourth-order valence-corrected chi connectivity index (χ4v) is 9.65. The zero-order valence-electron chi connectivity index (χ0n) is 63.9. The Bertz CT molecular complexity index is 868. The van der Waals surface area contributed by atoms with Crippen LogP contribution in [-0.4, -0.2) is 172 Å². The van der Waals surface area contributed by atoms with Gasteiger partial charge >= 0.3 is 0 Å². The van der Waals surface area contributed by atoms with E-state index in [0.717, 1.165) is 50.8 Å². The van der Waals surface area contributed by atoms with Gasteiger partial charge in [0.15, 0.2) is 0 Å². The summed E-state index contributed by atoms with van der Waals surface area (Å²) in [7, 11) is 4.39. The lowest BCUT2D eigenvalue weighted by Crippen LogP contribution is -2.42. The van der Waals surface area contributed by atoms with Gasteiger partial charge in [-0.1, -0.05) is 278 Å². The lowest BCUT2D eigenvalue weighted by atomic mass is 9.88. The van der Waals surface area contributed by atoms with Gasteiger partial charge in [0, 0.05) is 19.6 Å². The zero-order chi connectivity index (χ0) is 64.9. The van der Waals surface area contributed by atoms with Crippen molar-refractivity contribution in [3.05, 3.63) is 0 Å². The third-order valence-electron chi connectivity index (χ3n) is 14.7. The first-order valence-corrected chi connectivity index (χ1v) is 37.3. The molecule has 0 saturated heterocycles. The third-order valence-corrected chi connectivity index (χ3v) is 14.7. The maximum atomic E-state index is 2.71. The summed E-state index contributed by atoms with van der Waals surface area (Å²) in [6.07, 6.45) is 30.0. The quantitative estimate of drug-likeness (QED) is 0.0634. The Balaban J connectivity index is -0.0000000958. The zero-order valence-corrected chi connectivity index (χ0v) is 63.9. The molecule has 0 aromatic carbocycles. The van der Waals surface area contributed by atoms with Gasteiger partial charge in [0.2, 0.25) is 0 Å². The van der Waals surface area contributed by atoms with Gasteiger partial charge in [-0.2, -0.15) is 0 Å². The van der Waals surface area contributed by atoms with E-state index in [9.17, 15) is 0 Å². The number of nitrogens with zero attached hydrogens (tertiary/aromatic N) is 8. The minimum Gasteiger partial charge on any atom is -0.294 e. The molecule has 8 heteroatoms. The van der Waals surface area contributed by atoms with Crippen LogP contribution in [0.2, 0.25) is 0 Å². The molecule has 3 rings (SSSR count). The Hall–Kier alpha value is -0.320. The van der Waals surface area contributed by atoms with Crippen molar-refractivity contribution in [2.75, 3.05) is 132 Å². The smallest absolute Gasteiger partial charge is 0.0506 e. The summed E-state index contributed by atoms with van der Waals surface area (Å²) in [6, 6.07) is 0. The van der Waals surface area contributed by atoms with Crippen LogP contribution < -0.4 is 0 Å². The third kappa shape index (κ3) is 75.7.